The Labute approximate surface area is 160 Å². The number of rotatable bonds is 2. The average Bonchev–Trinajstić information content (AvgIpc) is 2.65. The lowest BCUT2D eigenvalue weighted by Crippen LogP contribution is -2.41. The Bertz CT molecular complexity index is 887. The number of nitrogens with zero attached hydrogens (tertiary/aromatic N) is 3. The fourth-order valence-electron chi connectivity index (χ4n) is 2.41. The van der Waals surface area contributed by atoms with Crippen molar-refractivity contribution in [2.45, 2.75) is 4.90 Å². The number of carbonyl (C=O) groups excluding carboxylic acids is 1. The van der Waals surface area contributed by atoms with Crippen molar-refractivity contribution in [1.82, 2.24) is 4.72 Å². The van der Waals surface area contributed by atoms with Gasteiger partial charge in [-0.1, -0.05) is 24.3 Å². The molecule has 0 spiro atoms. The van der Waals surface area contributed by atoms with Crippen molar-refractivity contribution in [3.05, 3.63) is 76.0 Å². The molecule has 1 heterocycles. The van der Waals surface area contributed by atoms with Crippen LogP contribution in [0.2, 0.25) is 0 Å². The number of nitro groups is 1. The molecular formula is C17H15ClN4O3S. The maximum absolute atomic E-state index is 13.0. The van der Waals surface area contributed by atoms with Crippen molar-refractivity contribution in [1.29, 1.82) is 0 Å². The number of carbonyl (C=O) groups is 1. The summed E-state index contributed by atoms with van der Waals surface area (Å²) < 4.78 is 3.00. The van der Waals surface area contributed by atoms with E-state index in [1.807, 2.05) is 12.1 Å². The van der Waals surface area contributed by atoms with Crippen LogP contribution in [0.5, 0.6) is 0 Å². The monoisotopic (exact) mass is 390 g/mol. The van der Waals surface area contributed by atoms with E-state index in [0.29, 0.717) is 11.3 Å². The van der Waals surface area contributed by atoms with Gasteiger partial charge in [-0.25, -0.2) is 4.79 Å². The maximum Gasteiger partial charge on any atom is 0.437 e. The summed E-state index contributed by atoms with van der Waals surface area (Å²) in [5.74, 6) is -1.04. The van der Waals surface area contributed by atoms with Gasteiger partial charge in [0.05, 0.1) is 12.6 Å². The van der Waals surface area contributed by atoms with E-state index in [9.17, 15) is 14.9 Å². The fraction of sp³-hybridized carbons (Fsp3) is 0.0588. The summed E-state index contributed by atoms with van der Waals surface area (Å²) in [5.41, 5.74) is 1.70. The van der Waals surface area contributed by atoms with Crippen molar-refractivity contribution in [2.24, 2.45) is 4.99 Å². The fourth-order valence-corrected chi connectivity index (χ4v) is 3.11. The quantitative estimate of drug-likeness (QED) is 0.278. The van der Waals surface area contributed by atoms with Crippen LogP contribution < -0.4 is 9.62 Å². The van der Waals surface area contributed by atoms with E-state index in [1.54, 1.807) is 48.7 Å². The molecule has 0 unspecified atom stereocenters. The van der Waals surface area contributed by atoms with Crippen molar-refractivity contribution in [3.8, 4) is 0 Å². The highest BCUT2D eigenvalue weighted by molar-refractivity contribution is 7.97. The minimum atomic E-state index is -0.664. The Balaban J connectivity index is 0.00000243. The molecule has 1 N–H and O–H groups in total. The smallest absolute Gasteiger partial charge is 0.390 e. The standard InChI is InChI=1S/C17H14N4O3S.ClH/c1-18-17(21(23)24)20(14-5-3-2-4-6-14)16(22)13-8-7-12-9-10-19-25-15(12)11-13;/h2-11,19H,1H3;1H. The second kappa shape index (κ2) is 8.50. The van der Waals surface area contributed by atoms with Crippen LogP contribution in [0, 0.1) is 10.1 Å². The van der Waals surface area contributed by atoms with Gasteiger partial charge < -0.3 is 14.8 Å². The van der Waals surface area contributed by atoms with Crippen molar-refractivity contribution < 1.29 is 9.72 Å². The third-order valence-corrected chi connectivity index (χ3v) is 4.37. The van der Waals surface area contributed by atoms with Crippen LogP contribution in [-0.4, -0.2) is 23.8 Å². The maximum atomic E-state index is 13.0. The van der Waals surface area contributed by atoms with E-state index in [-0.39, 0.29) is 12.4 Å². The van der Waals surface area contributed by atoms with E-state index in [0.717, 1.165) is 15.4 Å². The van der Waals surface area contributed by atoms with Gasteiger partial charge >= 0.3 is 11.9 Å². The normalized spacial score (nSPS) is 12.4. The zero-order valence-electron chi connectivity index (χ0n) is 13.7. The molecule has 7 nitrogen and oxygen atoms in total. The van der Waals surface area contributed by atoms with Gasteiger partial charge in [-0.05, 0) is 52.8 Å². The zero-order chi connectivity index (χ0) is 17.8. The lowest BCUT2D eigenvalue weighted by atomic mass is 10.1. The number of fused-ring (bicyclic) bond motifs is 1. The number of halogens is 1. The SMILES string of the molecule is CN=C(N(C(=O)c1ccc2c(c1)SNC=C2)c1ccccc1)[N+](=O)[O-].Cl. The first-order chi connectivity index (χ1) is 12.1. The molecule has 26 heavy (non-hydrogen) atoms. The molecule has 0 fully saturated rings. The topological polar surface area (TPSA) is 87.8 Å². The summed E-state index contributed by atoms with van der Waals surface area (Å²) in [5, 5.41) is 11.4. The molecule has 3 rings (SSSR count). The van der Waals surface area contributed by atoms with Gasteiger partial charge in [-0.3, -0.25) is 0 Å². The summed E-state index contributed by atoms with van der Waals surface area (Å²) in [4.78, 5) is 29.3. The number of guanidine groups is 1. The van der Waals surface area contributed by atoms with E-state index < -0.39 is 16.8 Å². The highest BCUT2D eigenvalue weighted by Gasteiger charge is 2.32. The molecule has 0 aliphatic carbocycles. The van der Waals surface area contributed by atoms with Gasteiger partial charge in [0, 0.05) is 11.1 Å². The molecule has 0 atom stereocenters. The summed E-state index contributed by atoms with van der Waals surface area (Å²) in [7, 11) is 1.29. The number of aliphatic imine (C=N–C) groups is 1. The van der Waals surface area contributed by atoms with Crippen LogP contribution in [0.1, 0.15) is 15.9 Å². The molecule has 2 aromatic carbocycles. The van der Waals surface area contributed by atoms with Gasteiger partial charge in [0.15, 0.2) is 0 Å². The molecule has 0 bridgehead atoms. The van der Waals surface area contributed by atoms with Crippen molar-refractivity contribution in [3.63, 3.8) is 0 Å². The minimum absolute atomic E-state index is 0. The highest BCUT2D eigenvalue weighted by Crippen LogP contribution is 2.27. The molecular weight excluding hydrogens is 376 g/mol. The Kier molecular flexibility index (Phi) is 6.37. The van der Waals surface area contributed by atoms with Crippen LogP contribution in [0.15, 0.2) is 64.6 Å². The molecule has 2 aromatic rings. The number of hydrogen-bond donors (Lipinski definition) is 1. The molecule has 0 saturated carbocycles. The third-order valence-electron chi connectivity index (χ3n) is 3.54. The Hall–Kier alpha value is -2.84. The first-order valence-electron chi connectivity index (χ1n) is 7.35. The molecule has 1 amide bonds. The van der Waals surface area contributed by atoms with Crippen molar-refractivity contribution in [2.75, 3.05) is 11.9 Å². The third kappa shape index (κ3) is 3.87. The van der Waals surface area contributed by atoms with Gasteiger partial charge in [0.1, 0.15) is 5.69 Å². The molecule has 0 radical (unpaired) electrons. The molecule has 1 aliphatic heterocycles. The number of amides is 1. The van der Waals surface area contributed by atoms with Crippen LogP contribution >= 0.6 is 24.4 Å². The Morgan fingerprint density at radius 3 is 2.62 bits per heavy atom. The largest absolute Gasteiger partial charge is 0.437 e. The van der Waals surface area contributed by atoms with E-state index in [2.05, 4.69) is 9.71 Å². The predicted octanol–water partition coefficient (Wildman–Crippen LogP) is 3.60. The number of para-hydroxylation sites is 1. The van der Waals surface area contributed by atoms with Gasteiger partial charge in [-0.2, -0.15) is 4.90 Å². The summed E-state index contributed by atoms with van der Waals surface area (Å²) in [6, 6.07) is 13.6. The molecule has 1 aliphatic rings. The Morgan fingerprint density at radius 2 is 1.96 bits per heavy atom. The molecule has 0 saturated heterocycles. The zero-order valence-corrected chi connectivity index (χ0v) is 15.3. The lowest BCUT2D eigenvalue weighted by Gasteiger charge is -2.18. The number of benzene rings is 2. The first kappa shape index (κ1) is 19.5. The van der Waals surface area contributed by atoms with Crippen LogP contribution in [-0.2, 0) is 0 Å². The second-order valence-corrected chi connectivity index (χ2v) is 5.94. The Morgan fingerprint density at radius 1 is 1.23 bits per heavy atom. The van der Waals surface area contributed by atoms with Gasteiger partial charge in [0.2, 0.25) is 0 Å². The van der Waals surface area contributed by atoms with Gasteiger partial charge in [0.25, 0.3) is 0 Å². The van der Waals surface area contributed by atoms with Crippen LogP contribution in [0.25, 0.3) is 6.08 Å². The summed E-state index contributed by atoms with van der Waals surface area (Å²) in [6.07, 6.45) is 3.70. The number of hydrogen-bond acceptors (Lipinski definition) is 6. The lowest BCUT2D eigenvalue weighted by molar-refractivity contribution is -0.352. The first-order valence-corrected chi connectivity index (χ1v) is 8.17. The van der Waals surface area contributed by atoms with Gasteiger partial charge in [-0.15, -0.1) is 17.4 Å². The van der Waals surface area contributed by atoms with Crippen LogP contribution in [0.4, 0.5) is 5.69 Å². The van der Waals surface area contributed by atoms with E-state index >= 15 is 0 Å². The number of anilines is 1. The molecule has 9 heteroatoms. The minimum Gasteiger partial charge on any atom is -0.390 e. The molecule has 0 aromatic heterocycles. The second-order valence-electron chi connectivity index (χ2n) is 5.06. The summed E-state index contributed by atoms with van der Waals surface area (Å²) >= 11 is 1.38. The number of nitrogens with one attached hydrogen (secondary N) is 1. The molecule has 134 valence electrons. The van der Waals surface area contributed by atoms with Crippen molar-refractivity contribution >= 4 is 48.0 Å². The predicted molar refractivity (Wildman–Crippen MR) is 105 cm³/mol. The van der Waals surface area contributed by atoms with Crippen LogP contribution in [0.3, 0.4) is 0 Å². The van der Waals surface area contributed by atoms with E-state index in [1.165, 1.54) is 19.0 Å². The van der Waals surface area contributed by atoms with E-state index in [4.69, 9.17) is 0 Å². The summed E-state index contributed by atoms with van der Waals surface area (Å²) in [6.45, 7) is 0. The highest BCUT2D eigenvalue weighted by atomic mass is 35.5. The average molecular weight is 391 g/mol.